The van der Waals surface area contributed by atoms with Crippen LogP contribution in [0.5, 0.6) is 0 Å². The van der Waals surface area contributed by atoms with E-state index in [1.165, 1.54) is 105 Å². The van der Waals surface area contributed by atoms with Crippen LogP contribution in [0.15, 0.2) is 97.1 Å². The highest BCUT2D eigenvalue weighted by Crippen LogP contribution is 2.73. The Morgan fingerprint density at radius 1 is 0.383 bits per heavy atom. The summed E-state index contributed by atoms with van der Waals surface area (Å²) in [6.07, 6.45) is 20.2. The number of rotatable bonds is 29. The maximum absolute atomic E-state index is 13.4. The Kier molecular flexibility index (Phi) is 25.0. The van der Waals surface area contributed by atoms with Gasteiger partial charge in [-0.2, -0.15) is 0 Å². The van der Waals surface area contributed by atoms with Gasteiger partial charge in [0.25, 0.3) is 0 Å². The number of aryl methyl sites for hydroxylation is 6. The number of unbranched alkanes of at least 4 members (excludes halogenated alkanes) is 10. The molecule has 4 N–H and O–H groups in total. The molecule has 0 saturated heterocycles. The van der Waals surface area contributed by atoms with Crippen molar-refractivity contribution in [2.75, 3.05) is 6.61 Å². The van der Waals surface area contributed by atoms with E-state index in [0.717, 1.165) is 122 Å². The van der Waals surface area contributed by atoms with Gasteiger partial charge >= 0.3 is 17.2 Å². The van der Waals surface area contributed by atoms with Crippen molar-refractivity contribution in [1.29, 1.82) is 0 Å². The summed E-state index contributed by atoms with van der Waals surface area (Å²) in [5, 5.41) is 0. The Bertz CT molecular complexity index is 3320. The van der Waals surface area contributed by atoms with Crippen LogP contribution in [0.25, 0.3) is 0 Å². The summed E-state index contributed by atoms with van der Waals surface area (Å²) in [5.41, 5.74) is 16.8. The lowest BCUT2D eigenvalue weighted by Gasteiger charge is -2.65. The molecule has 6 aromatic rings. The van der Waals surface area contributed by atoms with E-state index in [0.29, 0.717) is 12.8 Å². The van der Waals surface area contributed by atoms with E-state index in [1.807, 2.05) is 0 Å². The van der Waals surface area contributed by atoms with Crippen LogP contribution < -0.4 is 0 Å². The number of hydrogen-bond donors (Lipinski definition) is 4. The molecule has 8 heteroatoms. The fraction of sp³-hybridized carbons (Fsp3) is 0.581. The van der Waals surface area contributed by atoms with E-state index < -0.39 is 55.3 Å². The van der Waals surface area contributed by atoms with E-state index in [-0.39, 0.29) is 18.4 Å². The quantitative estimate of drug-likeness (QED) is 0.0276. The van der Waals surface area contributed by atoms with Gasteiger partial charge in [-0.05, 0) is 212 Å². The molecule has 0 heterocycles. The van der Waals surface area contributed by atoms with Crippen molar-refractivity contribution in [3.8, 4) is 0 Å². The molecule has 6 aromatic carbocycles. The Morgan fingerprint density at radius 3 is 1.04 bits per heavy atom. The molecule has 0 spiro atoms. The van der Waals surface area contributed by atoms with Crippen LogP contribution in [0.3, 0.4) is 0 Å². The monoisotopic (exact) mass is 1310 g/mol. The maximum atomic E-state index is 13.4. The number of benzene rings is 6. The van der Waals surface area contributed by atoms with Crippen molar-refractivity contribution >= 4 is 17.2 Å². The largest absolute Gasteiger partial charge is 0.328 e. The van der Waals surface area contributed by atoms with Gasteiger partial charge in [0.05, 0.1) is 12.0 Å². The maximum Gasteiger partial charge on any atom is 0.328 e. The molecule has 0 fully saturated rings. The molecule has 0 radical (unpaired) electrons. The zero-order chi connectivity index (χ0) is 68.9. The van der Waals surface area contributed by atoms with Gasteiger partial charge in [-0.1, -0.05) is 285 Å². The van der Waals surface area contributed by atoms with Gasteiger partial charge in [-0.3, -0.25) is 4.52 Å². The second-order valence-electron chi connectivity index (χ2n) is 32.9. The first kappa shape index (κ1) is 75.7. The minimum atomic E-state index is -3.25. The molecular formula is C86H124O6P2. The Labute approximate surface area is 574 Å². The van der Waals surface area contributed by atoms with Gasteiger partial charge in [-0.25, -0.2) is 0 Å². The molecule has 8 aliphatic carbocycles. The highest BCUT2D eigenvalue weighted by atomic mass is 31.2. The molecule has 514 valence electrons. The SMILES string of the molecule is CCCCCCCCc1ccccc1C(CCCOP(O)O)(c1ccccc1CCCCCCCC)C1(C2(OP(O)O)c3cc(C)c(cc3C(C)(C)C)C(CCC)c3cc(C(C)(C)C)c2cc3C)c2cc(C)c(cc2C(C)(C)C)C(CCC)c2cc(C(C)(C)C)c1cc2C. The molecule has 0 saturated carbocycles. The van der Waals surface area contributed by atoms with Gasteiger partial charge in [0.2, 0.25) is 0 Å². The van der Waals surface area contributed by atoms with Crippen LogP contribution in [0.1, 0.15) is 349 Å². The Morgan fingerprint density at radius 2 is 0.713 bits per heavy atom. The summed E-state index contributed by atoms with van der Waals surface area (Å²) < 4.78 is 14.7. The highest BCUT2D eigenvalue weighted by molar-refractivity contribution is 7.39. The Hall–Kier alpha value is -4.06. The predicted octanol–water partition coefficient (Wildman–Crippen LogP) is 23.9. The summed E-state index contributed by atoms with van der Waals surface area (Å²) in [7, 11) is -5.96. The standard InChI is InChI=1S/C86H124O6P2/c1-21-25-27-29-31-33-42-62-44-35-37-46-70(62)84(48-39-49-91-93(87)88,71-47-38-36-45-63(71)43-34-32-30-28-26-22-2)85(76-50-58(5)66(54-72(76)80(9,10)11)64(40-23-3)67-55-73(81(12,13)14)77(85)51-59(67)6)86(92-94(89)90)78-52-60(7)68(56-74(78)82(15,16)17)65(41-24-4)69-57-75(83(18,19)20)79(86)53-61(69)8/h35-38,44-47,50-57,64-65,87-90H,21-34,39-43,48-49H2,1-20H3. The topological polar surface area (TPSA) is 99.4 Å². The summed E-state index contributed by atoms with van der Waals surface area (Å²) in [4.78, 5) is 48.8. The molecule has 6 nitrogen and oxygen atoms in total. The third kappa shape index (κ3) is 14.9. The van der Waals surface area contributed by atoms with Crippen LogP contribution >= 0.6 is 17.2 Å². The lowest BCUT2D eigenvalue weighted by Crippen LogP contribution is -2.66. The minimum Gasteiger partial charge on any atom is -0.328 e. The predicted molar refractivity (Wildman–Crippen MR) is 401 cm³/mol. The lowest BCUT2D eigenvalue weighted by atomic mass is 9.39. The van der Waals surface area contributed by atoms with Crippen LogP contribution in [0.2, 0.25) is 0 Å². The molecule has 8 bridgehead atoms. The van der Waals surface area contributed by atoms with Crippen molar-refractivity contribution in [2.24, 2.45) is 0 Å². The van der Waals surface area contributed by atoms with Gasteiger partial charge in [-0.15, -0.1) is 0 Å². The lowest BCUT2D eigenvalue weighted by molar-refractivity contribution is -0.0151. The first-order chi connectivity index (χ1) is 44.3. The summed E-state index contributed by atoms with van der Waals surface area (Å²) in [5.74, 6) is 0.210. The molecule has 0 aliphatic heterocycles. The molecule has 8 aliphatic rings. The third-order valence-corrected chi connectivity index (χ3v) is 22.8. The molecular weight excluding hydrogens is 1190 g/mol. The van der Waals surface area contributed by atoms with Crippen LogP contribution in [-0.4, -0.2) is 26.2 Å². The molecule has 0 aromatic heterocycles. The van der Waals surface area contributed by atoms with Crippen molar-refractivity contribution < 1.29 is 28.6 Å². The molecule has 0 amide bonds. The fourth-order valence-electron chi connectivity index (χ4n) is 17.7. The van der Waals surface area contributed by atoms with Crippen molar-refractivity contribution in [3.63, 3.8) is 0 Å². The van der Waals surface area contributed by atoms with E-state index >= 15 is 0 Å². The fourth-order valence-corrected chi connectivity index (χ4v) is 18.6. The van der Waals surface area contributed by atoms with Gasteiger partial charge in [0, 0.05) is 17.3 Å². The second kappa shape index (κ2) is 31.0. The molecule has 0 unspecified atom stereocenters. The van der Waals surface area contributed by atoms with Crippen LogP contribution in [-0.2, 0) is 60.0 Å². The average molecular weight is 1320 g/mol. The average Bonchev–Trinajstić information content (AvgIpc) is 0.647. The zero-order valence-electron chi connectivity index (χ0n) is 62.2. The van der Waals surface area contributed by atoms with Gasteiger partial charge < -0.3 is 24.1 Å². The first-order valence-corrected chi connectivity index (χ1v) is 39.1. The van der Waals surface area contributed by atoms with Crippen LogP contribution in [0.4, 0.5) is 0 Å². The summed E-state index contributed by atoms with van der Waals surface area (Å²) in [6.45, 7) is 47.3. The normalized spacial score (nSPS) is 18.4. The first-order valence-electron chi connectivity index (χ1n) is 36.8. The van der Waals surface area contributed by atoms with Crippen molar-refractivity contribution in [1.82, 2.24) is 0 Å². The van der Waals surface area contributed by atoms with Gasteiger partial charge in [0.1, 0.15) is 5.60 Å². The number of hydrogen-bond acceptors (Lipinski definition) is 6. The summed E-state index contributed by atoms with van der Waals surface area (Å²) >= 11 is 0. The van der Waals surface area contributed by atoms with E-state index in [9.17, 15) is 19.6 Å². The van der Waals surface area contributed by atoms with Crippen LogP contribution in [0, 0.1) is 27.7 Å². The van der Waals surface area contributed by atoms with E-state index in [1.54, 1.807) is 0 Å². The third-order valence-electron chi connectivity index (χ3n) is 21.9. The van der Waals surface area contributed by atoms with E-state index in [4.69, 9.17) is 9.05 Å². The second-order valence-corrected chi connectivity index (χ2v) is 34.4. The molecule has 94 heavy (non-hydrogen) atoms. The highest BCUT2D eigenvalue weighted by Gasteiger charge is 2.72. The zero-order valence-corrected chi connectivity index (χ0v) is 64.0. The van der Waals surface area contributed by atoms with E-state index in [2.05, 4.69) is 236 Å². The minimum absolute atomic E-state index is 0.0735. The smallest absolute Gasteiger partial charge is 0.328 e. The Balaban J connectivity index is 1.91. The molecule has 14 rings (SSSR count). The molecule has 0 atom stereocenters. The van der Waals surface area contributed by atoms with Gasteiger partial charge in [0.15, 0.2) is 0 Å². The summed E-state index contributed by atoms with van der Waals surface area (Å²) in [6, 6.07) is 39.4. The van der Waals surface area contributed by atoms with Crippen molar-refractivity contribution in [3.05, 3.63) is 208 Å². The van der Waals surface area contributed by atoms with Crippen molar-refractivity contribution in [2.45, 2.75) is 317 Å².